The molecule has 180 valence electrons. The fourth-order valence-corrected chi connectivity index (χ4v) is 6.67. The van der Waals surface area contributed by atoms with Crippen LogP contribution in [0.5, 0.6) is 11.5 Å². The molecule has 2 atom stereocenters. The summed E-state index contributed by atoms with van der Waals surface area (Å²) in [5, 5.41) is -0.419. The highest BCUT2D eigenvalue weighted by molar-refractivity contribution is 7.89. The van der Waals surface area contributed by atoms with E-state index in [1.807, 2.05) is 61.5 Å². The van der Waals surface area contributed by atoms with E-state index in [1.54, 1.807) is 18.5 Å². The van der Waals surface area contributed by atoms with Crippen molar-refractivity contribution in [1.82, 2.24) is 4.31 Å². The van der Waals surface area contributed by atoms with E-state index >= 15 is 0 Å². The van der Waals surface area contributed by atoms with Gasteiger partial charge in [0.25, 0.3) is 0 Å². The first-order valence-corrected chi connectivity index (χ1v) is 13.2. The normalized spacial score (nSPS) is 16.1. The third kappa shape index (κ3) is 6.61. The molecule has 0 heterocycles. The lowest BCUT2D eigenvalue weighted by atomic mass is 9.80. The Kier molecular flexibility index (Phi) is 8.98. The number of hydrogen-bond acceptors (Lipinski definition) is 4. The van der Waals surface area contributed by atoms with Gasteiger partial charge in [-0.2, -0.15) is 4.31 Å². The molecule has 1 aliphatic rings. The molecule has 33 heavy (non-hydrogen) atoms. The lowest BCUT2D eigenvalue weighted by molar-refractivity contribution is 0.267. The summed E-state index contributed by atoms with van der Waals surface area (Å²) in [5.74, 6) is 2.03. The van der Waals surface area contributed by atoms with Crippen LogP contribution < -0.4 is 9.47 Å². The molecule has 0 aromatic heterocycles. The molecule has 1 fully saturated rings. The van der Waals surface area contributed by atoms with E-state index in [9.17, 15) is 8.42 Å². The van der Waals surface area contributed by atoms with Gasteiger partial charge in [-0.25, -0.2) is 8.42 Å². The van der Waals surface area contributed by atoms with Crippen LogP contribution >= 0.6 is 0 Å². The largest absolute Gasteiger partial charge is 0.497 e. The number of methoxy groups -OCH3 is 2. The van der Waals surface area contributed by atoms with Crippen molar-refractivity contribution in [3.05, 3.63) is 72.3 Å². The van der Waals surface area contributed by atoms with Crippen molar-refractivity contribution in [1.29, 1.82) is 0 Å². The third-order valence-electron chi connectivity index (χ3n) is 6.74. The second-order valence-corrected chi connectivity index (χ2v) is 11.2. The van der Waals surface area contributed by atoms with Crippen LogP contribution in [0, 0.1) is 11.8 Å². The van der Waals surface area contributed by atoms with Gasteiger partial charge in [-0.1, -0.05) is 56.5 Å². The maximum absolute atomic E-state index is 14.1. The predicted molar refractivity (Wildman–Crippen MR) is 134 cm³/mol. The standard InChI is InChI=1S/C27H37NO4S/c1-5-7-21(2)27(18-22-8-6-9-22)33(29,30)28(19-23-10-14-25(31-3)15-11-23)20-24-12-16-26(32-4)17-13-24/h5,10-17,21-22,27H,1,6-9,18-20H2,2-4H3/t21-,27?/m0/s1. The summed E-state index contributed by atoms with van der Waals surface area (Å²) in [4.78, 5) is 0. The zero-order valence-electron chi connectivity index (χ0n) is 20.1. The van der Waals surface area contributed by atoms with E-state index in [-0.39, 0.29) is 5.92 Å². The van der Waals surface area contributed by atoms with Crippen LogP contribution in [0.4, 0.5) is 0 Å². The first-order valence-electron chi connectivity index (χ1n) is 11.7. The Morgan fingerprint density at radius 2 is 1.45 bits per heavy atom. The summed E-state index contributed by atoms with van der Waals surface area (Å²) in [6.07, 6.45) is 6.71. The van der Waals surface area contributed by atoms with Gasteiger partial charge in [-0.05, 0) is 60.1 Å². The second-order valence-electron chi connectivity index (χ2n) is 9.08. The molecule has 0 saturated heterocycles. The van der Waals surface area contributed by atoms with Crippen molar-refractivity contribution in [2.75, 3.05) is 14.2 Å². The van der Waals surface area contributed by atoms with Crippen LogP contribution in [0.2, 0.25) is 0 Å². The minimum atomic E-state index is -3.56. The van der Waals surface area contributed by atoms with Gasteiger partial charge in [0.05, 0.1) is 19.5 Å². The molecule has 1 unspecified atom stereocenters. The average molecular weight is 472 g/mol. The third-order valence-corrected chi connectivity index (χ3v) is 9.14. The topological polar surface area (TPSA) is 55.8 Å². The van der Waals surface area contributed by atoms with Gasteiger partial charge in [-0.3, -0.25) is 0 Å². The monoisotopic (exact) mass is 471 g/mol. The molecule has 0 spiro atoms. The van der Waals surface area contributed by atoms with Crippen LogP contribution in [0.1, 0.15) is 50.2 Å². The summed E-state index contributed by atoms with van der Waals surface area (Å²) in [6.45, 7) is 6.54. The molecule has 0 N–H and O–H groups in total. The van der Waals surface area contributed by atoms with E-state index in [4.69, 9.17) is 9.47 Å². The molecular weight excluding hydrogens is 434 g/mol. The van der Waals surface area contributed by atoms with E-state index in [0.29, 0.717) is 25.4 Å². The Morgan fingerprint density at radius 3 is 1.82 bits per heavy atom. The van der Waals surface area contributed by atoms with E-state index in [1.165, 1.54) is 6.42 Å². The summed E-state index contributed by atoms with van der Waals surface area (Å²) in [7, 11) is -0.308. The van der Waals surface area contributed by atoms with Crippen LogP contribution in [0.25, 0.3) is 0 Å². The fourth-order valence-electron chi connectivity index (χ4n) is 4.42. The molecule has 0 aliphatic heterocycles. The van der Waals surface area contributed by atoms with Gasteiger partial charge in [0.1, 0.15) is 11.5 Å². The number of benzene rings is 2. The molecule has 0 bridgehead atoms. The van der Waals surface area contributed by atoms with Crippen LogP contribution in [-0.4, -0.2) is 32.2 Å². The molecule has 0 radical (unpaired) electrons. The fraction of sp³-hybridized carbons (Fsp3) is 0.481. The number of hydrogen-bond donors (Lipinski definition) is 0. The first kappa shape index (κ1) is 25.3. The Morgan fingerprint density at radius 1 is 0.970 bits per heavy atom. The van der Waals surface area contributed by atoms with Crippen molar-refractivity contribution in [2.45, 2.75) is 57.4 Å². The highest BCUT2D eigenvalue weighted by atomic mass is 32.2. The van der Waals surface area contributed by atoms with Crippen LogP contribution in [0.3, 0.4) is 0 Å². The van der Waals surface area contributed by atoms with Gasteiger partial charge in [-0.15, -0.1) is 6.58 Å². The molecule has 0 amide bonds. The second kappa shape index (κ2) is 11.7. The van der Waals surface area contributed by atoms with Gasteiger partial charge in [0.2, 0.25) is 10.0 Å². The number of nitrogens with zero attached hydrogens (tertiary/aromatic N) is 1. The zero-order valence-corrected chi connectivity index (χ0v) is 20.9. The maximum Gasteiger partial charge on any atom is 0.217 e. The van der Waals surface area contributed by atoms with E-state index in [0.717, 1.165) is 41.9 Å². The minimum Gasteiger partial charge on any atom is -0.497 e. The van der Waals surface area contributed by atoms with Crippen molar-refractivity contribution in [3.8, 4) is 11.5 Å². The van der Waals surface area contributed by atoms with Crippen molar-refractivity contribution >= 4 is 10.0 Å². The predicted octanol–water partition coefficient (Wildman–Crippen LogP) is 5.81. The summed E-state index contributed by atoms with van der Waals surface area (Å²) in [5.41, 5.74) is 1.87. The number of allylic oxidation sites excluding steroid dienone is 1. The SMILES string of the molecule is C=CC[C@H](C)C(CC1CCC1)S(=O)(=O)N(Cc1ccc(OC)cc1)Cc1ccc(OC)cc1. The molecular formula is C27H37NO4S. The lowest BCUT2D eigenvalue weighted by Gasteiger charge is -2.35. The van der Waals surface area contributed by atoms with Gasteiger partial charge >= 0.3 is 0 Å². The smallest absolute Gasteiger partial charge is 0.217 e. The quantitative estimate of drug-likeness (QED) is 0.346. The summed E-state index contributed by atoms with van der Waals surface area (Å²) < 4.78 is 40.4. The zero-order chi connectivity index (χ0) is 23.8. The average Bonchev–Trinajstić information content (AvgIpc) is 2.78. The van der Waals surface area contributed by atoms with E-state index < -0.39 is 15.3 Å². The van der Waals surface area contributed by atoms with Gasteiger partial charge in [0, 0.05) is 13.1 Å². The Bertz CT molecular complexity index is 932. The molecule has 2 aromatic rings. The Labute approximate surface area is 199 Å². The highest BCUT2D eigenvalue weighted by Crippen LogP contribution is 2.36. The maximum atomic E-state index is 14.1. The van der Waals surface area contributed by atoms with Crippen molar-refractivity contribution < 1.29 is 17.9 Å². The van der Waals surface area contributed by atoms with Crippen molar-refractivity contribution in [2.24, 2.45) is 11.8 Å². The summed E-state index contributed by atoms with van der Waals surface area (Å²) in [6, 6.07) is 15.2. The minimum absolute atomic E-state index is 0.0161. The Balaban J connectivity index is 1.92. The molecule has 2 aromatic carbocycles. The number of rotatable bonds is 13. The molecule has 1 saturated carbocycles. The number of sulfonamides is 1. The first-order chi connectivity index (χ1) is 15.9. The number of ether oxygens (including phenoxy) is 2. The van der Waals surface area contributed by atoms with Gasteiger partial charge < -0.3 is 9.47 Å². The Hall–Kier alpha value is -2.31. The van der Waals surface area contributed by atoms with Gasteiger partial charge in [0.15, 0.2) is 0 Å². The van der Waals surface area contributed by atoms with Crippen LogP contribution in [-0.2, 0) is 23.1 Å². The molecule has 1 aliphatic carbocycles. The molecule has 5 nitrogen and oxygen atoms in total. The molecule has 3 rings (SSSR count). The summed E-state index contributed by atoms with van der Waals surface area (Å²) >= 11 is 0. The lowest BCUT2D eigenvalue weighted by Crippen LogP contribution is -2.42. The highest BCUT2D eigenvalue weighted by Gasteiger charge is 2.38. The van der Waals surface area contributed by atoms with Crippen molar-refractivity contribution in [3.63, 3.8) is 0 Å². The van der Waals surface area contributed by atoms with Crippen LogP contribution in [0.15, 0.2) is 61.2 Å². The molecule has 6 heteroatoms. The van der Waals surface area contributed by atoms with E-state index in [2.05, 4.69) is 6.58 Å².